The van der Waals surface area contributed by atoms with Crippen molar-refractivity contribution in [2.75, 3.05) is 6.61 Å². The number of esters is 1. The van der Waals surface area contributed by atoms with E-state index in [-0.39, 0.29) is 12.0 Å². The number of fused-ring (bicyclic) bond motifs is 1. The van der Waals surface area contributed by atoms with E-state index in [1.54, 1.807) is 6.92 Å². The monoisotopic (exact) mass is 352 g/mol. The van der Waals surface area contributed by atoms with E-state index in [0.717, 1.165) is 28.8 Å². The summed E-state index contributed by atoms with van der Waals surface area (Å²) >= 11 is 0. The summed E-state index contributed by atoms with van der Waals surface area (Å²) in [5.74, 6) is -0.402. The van der Waals surface area contributed by atoms with Crippen LogP contribution in [-0.4, -0.2) is 28.5 Å². The van der Waals surface area contributed by atoms with Crippen LogP contribution in [0.25, 0.3) is 11.1 Å². The Morgan fingerprint density at radius 1 is 1.23 bits per heavy atom. The van der Waals surface area contributed by atoms with Crippen molar-refractivity contribution in [3.05, 3.63) is 52.8 Å². The van der Waals surface area contributed by atoms with E-state index in [4.69, 9.17) is 9.72 Å². The average Bonchev–Trinajstić information content (AvgIpc) is 2.59. The second-order valence-electron chi connectivity index (χ2n) is 7.42. The van der Waals surface area contributed by atoms with Crippen LogP contribution in [0, 0.1) is 12.3 Å². The lowest BCUT2D eigenvalue weighted by Gasteiger charge is -2.33. The fourth-order valence-corrected chi connectivity index (χ4v) is 3.69. The minimum absolute atomic E-state index is 0.0621. The number of ether oxygens (including phenoxy) is 1. The molecule has 0 saturated carbocycles. The summed E-state index contributed by atoms with van der Waals surface area (Å²) in [6.45, 7) is 8.15. The molecule has 1 aromatic heterocycles. The van der Waals surface area contributed by atoms with E-state index >= 15 is 0 Å². The van der Waals surface area contributed by atoms with Crippen molar-refractivity contribution in [1.29, 1.82) is 0 Å². The number of carbonyl (C=O) groups excluding carboxylic acids is 1. The highest BCUT2D eigenvalue weighted by atomic mass is 16.5. The van der Waals surface area contributed by atoms with Gasteiger partial charge in [0.05, 0.1) is 29.3 Å². The van der Waals surface area contributed by atoms with E-state index < -0.39 is 5.97 Å². The Bertz CT molecular complexity index is 871. The lowest BCUT2D eigenvalue weighted by molar-refractivity contribution is 0.0526. The molecule has 5 heteroatoms. The molecule has 0 atom stereocenters. The SMILES string of the molecule is CCOC(=O)c1c(C)nc2c(c1-c1ccccc1)C(=NO)CC(C)(C)C2. The number of pyridine rings is 1. The molecule has 0 bridgehead atoms. The third kappa shape index (κ3) is 3.21. The van der Waals surface area contributed by atoms with Crippen molar-refractivity contribution in [1.82, 2.24) is 4.98 Å². The number of hydrogen-bond donors (Lipinski definition) is 1. The number of oxime groups is 1. The van der Waals surface area contributed by atoms with Gasteiger partial charge in [-0.05, 0) is 37.7 Å². The van der Waals surface area contributed by atoms with Crippen LogP contribution in [0.3, 0.4) is 0 Å². The predicted molar refractivity (Wildman–Crippen MR) is 101 cm³/mol. The molecule has 1 N–H and O–H groups in total. The summed E-state index contributed by atoms with van der Waals surface area (Å²) in [6, 6.07) is 9.68. The number of hydrogen-bond acceptors (Lipinski definition) is 5. The van der Waals surface area contributed by atoms with Gasteiger partial charge < -0.3 is 9.94 Å². The molecule has 0 radical (unpaired) electrons. The Hall–Kier alpha value is -2.69. The van der Waals surface area contributed by atoms with Gasteiger partial charge in [0, 0.05) is 11.1 Å². The Balaban J connectivity index is 2.37. The van der Waals surface area contributed by atoms with Crippen LogP contribution in [0.1, 0.15) is 54.5 Å². The molecular weight excluding hydrogens is 328 g/mol. The summed E-state index contributed by atoms with van der Waals surface area (Å²) in [5.41, 5.74) is 4.83. The first kappa shape index (κ1) is 18.1. The van der Waals surface area contributed by atoms with Gasteiger partial charge >= 0.3 is 5.97 Å². The van der Waals surface area contributed by atoms with Gasteiger partial charge in [-0.15, -0.1) is 0 Å². The van der Waals surface area contributed by atoms with E-state index in [2.05, 4.69) is 19.0 Å². The number of aromatic nitrogens is 1. The van der Waals surface area contributed by atoms with E-state index in [1.807, 2.05) is 37.3 Å². The molecule has 0 fully saturated rings. The zero-order valence-corrected chi connectivity index (χ0v) is 15.7. The first-order valence-corrected chi connectivity index (χ1v) is 8.85. The molecular formula is C21H24N2O3. The predicted octanol–water partition coefficient (Wildman–Crippen LogP) is 4.38. The van der Waals surface area contributed by atoms with Crippen molar-refractivity contribution in [2.24, 2.45) is 10.6 Å². The molecule has 0 amide bonds. The summed E-state index contributed by atoms with van der Waals surface area (Å²) in [6.07, 6.45) is 1.37. The number of carbonyl (C=O) groups is 1. The molecule has 5 nitrogen and oxygen atoms in total. The van der Waals surface area contributed by atoms with Crippen LogP contribution in [0.15, 0.2) is 35.5 Å². The van der Waals surface area contributed by atoms with Crippen LogP contribution in [-0.2, 0) is 11.2 Å². The highest BCUT2D eigenvalue weighted by Gasteiger charge is 2.36. The van der Waals surface area contributed by atoms with Crippen LogP contribution in [0.4, 0.5) is 0 Å². The number of benzene rings is 1. The first-order valence-electron chi connectivity index (χ1n) is 8.85. The highest BCUT2D eigenvalue weighted by molar-refractivity contribution is 6.12. The Morgan fingerprint density at radius 3 is 2.54 bits per heavy atom. The van der Waals surface area contributed by atoms with Gasteiger partial charge in [-0.3, -0.25) is 4.98 Å². The third-order valence-electron chi connectivity index (χ3n) is 4.70. The molecule has 1 aromatic carbocycles. The van der Waals surface area contributed by atoms with Gasteiger partial charge in [-0.2, -0.15) is 0 Å². The Kier molecular flexibility index (Phi) is 4.81. The van der Waals surface area contributed by atoms with E-state index in [9.17, 15) is 10.0 Å². The summed E-state index contributed by atoms with van der Waals surface area (Å²) < 4.78 is 5.29. The second-order valence-corrected chi connectivity index (χ2v) is 7.42. The zero-order chi connectivity index (χ0) is 18.9. The lowest BCUT2D eigenvalue weighted by atomic mass is 9.73. The van der Waals surface area contributed by atoms with Gasteiger partial charge in [0.2, 0.25) is 0 Å². The van der Waals surface area contributed by atoms with Crippen molar-refractivity contribution in [3.8, 4) is 11.1 Å². The first-order chi connectivity index (χ1) is 12.4. The third-order valence-corrected chi connectivity index (χ3v) is 4.70. The molecule has 0 spiro atoms. The molecule has 2 aromatic rings. The molecule has 0 unspecified atom stereocenters. The number of aryl methyl sites for hydroxylation is 1. The normalized spacial score (nSPS) is 17.0. The van der Waals surface area contributed by atoms with Crippen molar-refractivity contribution in [2.45, 2.75) is 40.5 Å². The molecule has 1 aliphatic carbocycles. The summed E-state index contributed by atoms with van der Waals surface area (Å²) in [7, 11) is 0. The Morgan fingerprint density at radius 2 is 1.92 bits per heavy atom. The van der Waals surface area contributed by atoms with Crippen molar-refractivity contribution in [3.63, 3.8) is 0 Å². The standard InChI is InChI=1S/C21H24N2O3/c1-5-26-20(24)17-13(2)22-15-11-21(3,4)12-16(23-25)19(15)18(17)14-9-7-6-8-10-14/h6-10,25H,5,11-12H2,1-4H3. The van der Waals surface area contributed by atoms with Crippen LogP contribution in [0.2, 0.25) is 0 Å². The number of nitrogens with zero attached hydrogens (tertiary/aromatic N) is 2. The van der Waals surface area contributed by atoms with Gasteiger partial charge in [-0.25, -0.2) is 4.79 Å². The highest BCUT2D eigenvalue weighted by Crippen LogP contribution is 2.41. The molecule has 26 heavy (non-hydrogen) atoms. The maximum atomic E-state index is 12.7. The minimum atomic E-state index is -0.402. The maximum Gasteiger partial charge on any atom is 0.340 e. The Labute approximate surface area is 153 Å². The van der Waals surface area contributed by atoms with Gasteiger partial charge in [0.1, 0.15) is 0 Å². The molecule has 0 aliphatic heterocycles. The molecule has 0 saturated heterocycles. The fraction of sp³-hybridized carbons (Fsp3) is 0.381. The lowest BCUT2D eigenvalue weighted by Crippen LogP contribution is -2.30. The van der Waals surface area contributed by atoms with Crippen LogP contribution < -0.4 is 0 Å². The molecule has 3 rings (SSSR count). The zero-order valence-electron chi connectivity index (χ0n) is 15.7. The summed E-state index contributed by atoms with van der Waals surface area (Å²) in [5, 5.41) is 13.3. The van der Waals surface area contributed by atoms with Crippen LogP contribution in [0.5, 0.6) is 0 Å². The molecule has 1 heterocycles. The maximum absolute atomic E-state index is 12.7. The largest absolute Gasteiger partial charge is 0.462 e. The van der Waals surface area contributed by atoms with E-state index in [0.29, 0.717) is 23.4 Å². The number of rotatable bonds is 3. The van der Waals surface area contributed by atoms with Gasteiger partial charge in [0.25, 0.3) is 0 Å². The van der Waals surface area contributed by atoms with Crippen molar-refractivity contribution < 1.29 is 14.7 Å². The van der Waals surface area contributed by atoms with E-state index in [1.165, 1.54) is 0 Å². The topological polar surface area (TPSA) is 71.8 Å². The molecule has 1 aliphatic rings. The average molecular weight is 352 g/mol. The second kappa shape index (κ2) is 6.90. The smallest absolute Gasteiger partial charge is 0.340 e. The summed E-state index contributed by atoms with van der Waals surface area (Å²) in [4.78, 5) is 17.4. The van der Waals surface area contributed by atoms with Crippen LogP contribution >= 0.6 is 0 Å². The quantitative estimate of drug-likeness (QED) is 0.505. The van der Waals surface area contributed by atoms with Gasteiger partial charge in [-0.1, -0.05) is 49.3 Å². The molecule has 136 valence electrons. The fourth-order valence-electron chi connectivity index (χ4n) is 3.69. The van der Waals surface area contributed by atoms with Crippen molar-refractivity contribution >= 4 is 11.7 Å². The van der Waals surface area contributed by atoms with Gasteiger partial charge in [0.15, 0.2) is 0 Å². The minimum Gasteiger partial charge on any atom is -0.462 e.